The van der Waals surface area contributed by atoms with Crippen molar-refractivity contribution in [2.24, 2.45) is 5.92 Å². The van der Waals surface area contributed by atoms with Gasteiger partial charge in [0.2, 0.25) is 5.91 Å². The summed E-state index contributed by atoms with van der Waals surface area (Å²) in [5.41, 5.74) is 2.18. The maximum atomic E-state index is 11.8. The maximum absolute atomic E-state index is 11.8. The van der Waals surface area contributed by atoms with Gasteiger partial charge in [-0.2, -0.15) is 0 Å². The highest BCUT2D eigenvalue weighted by Gasteiger charge is 2.13. The first-order valence-corrected chi connectivity index (χ1v) is 6.66. The Morgan fingerprint density at radius 1 is 1.29 bits per heavy atom. The number of hydrogen-bond acceptors (Lipinski definition) is 1. The molecule has 0 atom stereocenters. The number of halogens is 1. The minimum atomic E-state index is 0.131. The molecule has 1 N–H and O–H groups in total. The lowest BCUT2D eigenvalue weighted by Gasteiger charge is -2.13. The molecule has 0 aromatic heterocycles. The first kappa shape index (κ1) is 14.0. The zero-order valence-electron chi connectivity index (χ0n) is 10.5. The van der Waals surface area contributed by atoms with Crippen LogP contribution in [0.2, 0.25) is 0 Å². The zero-order chi connectivity index (χ0) is 12.7. The van der Waals surface area contributed by atoms with E-state index in [-0.39, 0.29) is 11.8 Å². The molecule has 0 aliphatic rings. The molecule has 1 rings (SSSR count). The summed E-state index contributed by atoms with van der Waals surface area (Å²) in [6, 6.07) is 7.99. The van der Waals surface area contributed by atoms with Crippen LogP contribution in [0.1, 0.15) is 37.8 Å². The van der Waals surface area contributed by atoms with Gasteiger partial charge in [-0.25, -0.2) is 0 Å². The van der Waals surface area contributed by atoms with Crippen LogP contribution in [-0.2, 0) is 17.2 Å². The van der Waals surface area contributed by atoms with Gasteiger partial charge in [-0.1, -0.05) is 38.1 Å². The molecule has 2 nitrogen and oxygen atoms in total. The first-order chi connectivity index (χ1) is 8.21. The summed E-state index contributed by atoms with van der Waals surface area (Å²) in [7, 11) is 0. The average molecular weight is 254 g/mol. The fourth-order valence-corrected chi connectivity index (χ4v) is 1.98. The summed E-state index contributed by atoms with van der Waals surface area (Å²) in [6.45, 7) is 4.67. The molecule has 0 unspecified atom stereocenters. The number of benzene rings is 1. The maximum Gasteiger partial charge on any atom is 0.223 e. The van der Waals surface area contributed by atoms with Crippen molar-refractivity contribution in [1.82, 2.24) is 5.32 Å². The average Bonchev–Trinajstić information content (AvgIpc) is 2.38. The molecule has 0 saturated carbocycles. The van der Waals surface area contributed by atoms with Crippen LogP contribution in [0, 0.1) is 5.92 Å². The highest BCUT2D eigenvalue weighted by atomic mass is 35.5. The van der Waals surface area contributed by atoms with Crippen molar-refractivity contribution in [3.05, 3.63) is 35.4 Å². The molecule has 0 radical (unpaired) electrons. The largest absolute Gasteiger partial charge is 0.352 e. The Morgan fingerprint density at radius 2 is 1.94 bits per heavy atom. The molecule has 3 heteroatoms. The number of carbonyl (C=O) groups is 1. The molecule has 0 spiro atoms. The van der Waals surface area contributed by atoms with Gasteiger partial charge in [-0.15, -0.1) is 11.6 Å². The lowest BCUT2D eigenvalue weighted by Crippen LogP contribution is -2.29. The van der Waals surface area contributed by atoms with E-state index in [0.717, 1.165) is 24.0 Å². The molecule has 1 aromatic carbocycles. The predicted octanol–water partition coefficient (Wildman–Crippen LogP) is 3.48. The van der Waals surface area contributed by atoms with Crippen LogP contribution in [-0.4, -0.2) is 5.91 Å². The van der Waals surface area contributed by atoms with Gasteiger partial charge in [-0.05, 0) is 24.0 Å². The summed E-state index contributed by atoms with van der Waals surface area (Å²) in [5, 5.41) is 2.97. The number of alkyl halides is 1. The van der Waals surface area contributed by atoms with E-state index in [0.29, 0.717) is 12.4 Å². The SMILES string of the molecule is CCC(CC)C(=O)NCc1cccc(CCl)c1. The molecule has 0 bridgehead atoms. The highest BCUT2D eigenvalue weighted by Crippen LogP contribution is 2.10. The fraction of sp³-hybridized carbons (Fsp3) is 0.500. The summed E-state index contributed by atoms with van der Waals surface area (Å²) < 4.78 is 0. The Balaban J connectivity index is 2.52. The summed E-state index contributed by atoms with van der Waals surface area (Å²) >= 11 is 5.77. The Hall–Kier alpha value is -1.02. The molecule has 1 amide bonds. The molecule has 0 heterocycles. The van der Waals surface area contributed by atoms with E-state index < -0.39 is 0 Å². The minimum absolute atomic E-state index is 0.131. The lowest BCUT2D eigenvalue weighted by atomic mass is 10.0. The first-order valence-electron chi connectivity index (χ1n) is 6.12. The lowest BCUT2D eigenvalue weighted by molar-refractivity contribution is -0.125. The van der Waals surface area contributed by atoms with Crippen LogP contribution in [0.3, 0.4) is 0 Å². The molecule has 94 valence electrons. The number of nitrogens with one attached hydrogen (secondary N) is 1. The highest BCUT2D eigenvalue weighted by molar-refractivity contribution is 6.17. The second-order valence-corrected chi connectivity index (χ2v) is 4.45. The van der Waals surface area contributed by atoms with Crippen LogP contribution in [0.25, 0.3) is 0 Å². The van der Waals surface area contributed by atoms with Crippen LogP contribution in [0.5, 0.6) is 0 Å². The van der Waals surface area contributed by atoms with Crippen molar-refractivity contribution < 1.29 is 4.79 Å². The zero-order valence-corrected chi connectivity index (χ0v) is 11.3. The number of amides is 1. The summed E-state index contributed by atoms with van der Waals surface area (Å²) in [6.07, 6.45) is 1.79. The van der Waals surface area contributed by atoms with Crippen LogP contribution in [0.15, 0.2) is 24.3 Å². The van der Waals surface area contributed by atoms with Crippen molar-refractivity contribution >= 4 is 17.5 Å². The Kier molecular flexibility index (Phi) is 6.06. The van der Waals surface area contributed by atoms with Gasteiger partial charge in [0.1, 0.15) is 0 Å². The Bertz CT molecular complexity index is 361. The van der Waals surface area contributed by atoms with E-state index in [1.165, 1.54) is 0 Å². The van der Waals surface area contributed by atoms with Gasteiger partial charge in [0.05, 0.1) is 0 Å². The predicted molar refractivity (Wildman–Crippen MR) is 71.9 cm³/mol. The van der Waals surface area contributed by atoms with E-state index in [1.807, 2.05) is 38.1 Å². The third-order valence-corrected chi connectivity index (χ3v) is 3.28. The molecule has 0 fully saturated rings. The summed E-state index contributed by atoms with van der Waals surface area (Å²) in [4.78, 5) is 11.8. The molecule has 0 aliphatic heterocycles. The quantitative estimate of drug-likeness (QED) is 0.773. The van der Waals surface area contributed by atoms with Crippen molar-refractivity contribution in [3.63, 3.8) is 0 Å². The number of rotatable bonds is 6. The summed E-state index contributed by atoms with van der Waals surface area (Å²) in [5.74, 6) is 0.784. The Labute approximate surface area is 108 Å². The van der Waals surface area contributed by atoms with Crippen molar-refractivity contribution in [1.29, 1.82) is 0 Å². The van der Waals surface area contributed by atoms with Gasteiger partial charge >= 0.3 is 0 Å². The topological polar surface area (TPSA) is 29.1 Å². The van der Waals surface area contributed by atoms with Crippen LogP contribution < -0.4 is 5.32 Å². The second-order valence-electron chi connectivity index (χ2n) is 4.18. The van der Waals surface area contributed by atoms with Crippen molar-refractivity contribution in [2.45, 2.75) is 39.1 Å². The third-order valence-electron chi connectivity index (χ3n) is 2.97. The van der Waals surface area contributed by atoms with Gasteiger partial charge in [0.25, 0.3) is 0 Å². The molecule has 17 heavy (non-hydrogen) atoms. The molecular weight excluding hydrogens is 234 g/mol. The van der Waals surface area contributed by atoms with Gasteiger partial charge < -0.3 is 5.32 Å². The van der Waals surface area contributed by atoms with E-state index in [2.05, 4.69) is 5.32 Å². The third kappa shape index (κ3) is 4.39. The fourth-order valence-electron chi connectivity index (χ4n) is 1.82. The van der Waals surface area contributed by atoms with Gasteiger partial charge in [0, 0.05) is 18.3 Å². The monoisotopic (exact) mass is 253 g/mol. The van der Waals surface area contributed by atoms with E-state index in [1.54, 1.807) is 0 Å². The van der Waals surface area contributed by atoms with Crippen molar-refractivity contribution in [2.75, 3.05) is 0 Å². The van der Waals surface area contributed by atoms with E-state index >= 15 is 0 Å². The molecule has 0 saturated heterocycles. The Morgan fingerprint density at radius 3 is 2.53 bits per heavy atom. The van der Waals surface area contributed by atoms with Crippen LogP contribution in [0.4, 0.5) is 0 Å². The molecule has 0 aliphatic carbocycles. The smallest absolute Gasteiger partial charge is 0.223 e. The molecule has 1 aromatic rings. The number of carbonyl (C=O) groups excluding carboxylic acids is 1. The normalized spacial score (nSPS) is 10.6. The minimum Gasteiger partial charge on any atom is -0.352 e. The van der Waals surface area contributed by atoms with Crippen molar-refractivity contribution in [3.8, 4) is 0 Å². The van der Waals surface area contributed by atoms with E-state index in [9.17, 15) is 4.79 Å². The second kappa shape index (κ2) is 7.33. The van der Waals surface area contributed by atoms with E-state index in [4.69, 9.17) is 11.6 Å². The van der Waals surface area contributed by atoms with Crippen LogP contribution >= 0.6 is 11.6 Å². The van der Waals surface area contributed by atoms with Gasteiger partial charge in [-0.3, -0.25) is 4.79 Å². The molecular formula is C14H20ClNO. The standard InChI is InChI=1S/C14H20ClNO/c1-3-13(4-2)14(17)16-10-12-7-5-6-11(8-12)9-15/h5-8,13H,3-4,9-10H2,1-2H3,(H,16,17). The van der Waals surface area contributed by atoms with Gasteiger partial charge in [0.15, 0.2) is 0 Å². The number of hydrogen-bond donors (Lipinski definition) is 1.